The van der Waals surface area contributed by atoms with Crippen LogP contribution in [0.4, 0.5) is 5.69 Å². The molecule has 1 aliphatic heterocycles. The maximum Gasteiger partial charge on any atom is 0.142 e. The molecule has 0 radical (unpaired) electrons. The average Bonchev–Trinajstić information content (AvgIpc) is 2.61. The third kappa shape index (κ3) is 4.34. The van der Waals surface area contributed by atoms with Crippen molar-refractivity contribution in [3.63, 3.8) is 0 Å². The molecule has 2 aromatic carbocycles. The highest BCUT2D eigenvalue weighted by atomic mass is 35.5. The van der Waals surface area contributed by atoms with E-state index in [0.717, 1.165) is 48.2 Å². The zero-order chi connectivity index (χ0) is 16.1. The van der Waals surface area contributed by atoms with Gasteiger partial charge in [0.15, 0.2) is 0 Å². The van der Waals surface area contributed by atoms with Crippen molar-refractivity contribution in [3.05, 3.63) is 59.1 Å². The molecule has 0 spiro atoms. The first-order valence-corrected chi connectivity index (χ1v) is 8.07. The minimum Gasteiger partial charge on any atom is -0.495 e. The number of anilines is 1. The Bertz CT molecular complexity index is 685. The highest BCUT2D eigenvalue weighted by Crippen LogP contribution is 2.28. The average molecular weight is 366 g/mol. The van der Waals surface area contributed by atoms with E-state index in [4.69, 9.17) is 16.3 Å². The van der Waals surface area contributed by atoms with Crippen molar-refractivity contribution in [2.24, 2.45) is 5.10 Å². The van der Waals surface area contributed by atoms with Crippen molar-refractivity contribution in [2.75, 3.05) is 38.2 Å². The quantitative estimate of drug-likeness (QED) is 0.768. The van der Waals surface area contributed by atoms with E-state index in [9.17, 15) is 0 Å². The van der Waals surface area contributed by atoms with E-state index >= 15 is 0 Å². The van der Waals surface area contributed by atoms with Crippen molar-refractivity contribution >= 4 is 35.9 Å². The van der Waals surface area contributed by atoms with Gasteiger partial charge in [-0.05, 0) is 18.2 Å². The van der Waals surface area contributed by atoms with Crippen LogP contribution in [0.1, 0.15) is 5.56 Å². The molecule has 1 aliphatic rings. The van der Waals surface area contributed by atoms with E-state index in [1.807, 2.05) is 48.7 Å². The van der Waals surface area contributed by atoms with Gasteiger partial charge in [-0.25, -0.2) is 0 Å². The summed E-state index contributed by atoms with van der Waals surface area (Å²) in [7, 11) is 1.71. The Balaban J connectivity index is 0.00000208. The number of piperazine rings is 1. The summed E-state index contributed by atoms with van der Waals surface area (Å²) in [4.78, 5) is 2.33. The van der Waals surface area contributed by atoms with E-state index in [2.05, 4.69) is 21.1 Å². The molecule has 128 valence electrons. The molecule has 0 N–H and O–H groups in total. The predicted molar refractivity (Wildman–Crippen MR) is 103 cm³/mol. The summed E-state index contributed by atoms with van der Waals surface area (Å²) in [5, 5.41) is 7.36. The van der Waals surface area contributed by atoms with Gasteiger partial charge in [0.25, 0.3) is 0 Å². The van der Waals surface area contributed by atoms with Crippen LogP contribution in [0.5, 0.6) is 5.75 Å². The van der Waals surface area contributed by atoms with Crippen LogP contribution in [0, 0.1) is 0 Å². The molecular weight excluding hydrogens is 345 g/mol. The number of hydrazone groups is 1. The summed E-state index contributed by atoms with van der Waals surface area (Å²) in [6.07, 6.45) is 1.83. The largest absolute Gasteiger partial charge is 0.495 e. The number of rotatable bonds is 4. The normalized spacial score (nSPS) is 14.6. The molecule has 1 fully saturated rings. The Morgan fingerprint density at radius 3 is 2.38 bits per heavy atom. The molecular formula is C18H21Cl2N3O. The molecule has 3 rings (SSSR count). The number of benzene rings is 2. The zero-order valence-electron chi connectivity index (χ0n) is 13.6. The van der Waals surface area contributed by atoms with Crippen molar-refractivity contribution in [2.45, 2.75) is 0 Å². The fraction of sp³-hybridized carbons (Fsp3) is 0.278. The van der Waals surface area contributed by atoms with E-state index in [1.54, 1.807) is 7.11 Å². The molecule has 0 aliphatic carbocycles. The molecule has 24 heavy (non-hydrogen) atoms. The lowest BCUT2D eigenvalue weighted by Crippen LogP contribution is -2.44. The van der Waals surface area contributed by atoms with Crippen LogP contribution in [-0.4, -0.2) is 44.5 Å². The summed E-state index contributed by atoms with van der Waals surface area (Å²) in [6, 6.07) is 15.9. The first kappa shape index (κ1) is 18.4. The summed E-state index contributed by atoms with van der Waals surface area (Å²) in [5.74, 6) is 0.917. The third-order valence-corrected chi connectivity index (χ3v) is 4.29. The molecule has 0 bridgehead atoms. The van der Waals surface area contributed by atoms with Gasteiger partial charge in [-0.3, -0.25) is 5.01 Å². The highest BCUT2D eigenvalue weighted by molar-refractivity contribution is 6.33. The Morgan fingerprint density at radius 2 is 1.67 bits per heavy atom. The molecule has 1 heterocycles. The maximum atomic E-state index is 6.15. The third-order valence-electron chi connectivity index (χ3n) is 3.95. The van der Waals surface area contributed by atoms with Crippen LogP contribution < -0.4 is 9.64 Å². The second-order valence-electron chi connectivity index (χ2n) is 5.38. The molecule has 0 saturated carbocycles. The van der Waals surface area contributed by atoms with Crippen LogP contribution in [0.25, 0.3) is 0 Å². The van der Waals surface area contributed by atoms with Crippen molar-refractivity contribution in [3.8, 4) is 5.75 Å². The van der Waals surface area contributed by atoms with Gasteiger partial charge in [-0.2, -0.15) is 5.10 Å². The second-order valence-corrected chi connectivity index (χ2v) is 5.79. The SMILES string of the molecule is COc1ccccc1N1CCN(N=Cc2ccccc2Cl)CC1.Cl. The van der Waals surface area contributed by atoms with Gasteiger partial charge in [-0.1, -0.05) is 41.9 Å². The molecule has 6 heteroatoms. The van der Waals surface area contributed by atoms with Gasteiger partial charge in [-0.15, -0.1) is 12.4 Å². The molecule has 0 amide bonds. The lowest BCUT2D eigenvalue weighted by molar-refractivity contribution is 0.271. The maximum absolute atomic E-state index is 6.15. The second kappa shape index (κ2) is 8.81. The summed E-state index contributed by atoms with van der Waals surface area (Å²) >= 11 is 6.15. The van der Waals surface area contributed by atoms with Crippen LogP contribution in [0.3, 0.4) is 0 Å². The van der Waals surface area contributed by atoms with Crippen molar-refractivity contribution < 1.29 is 4.74 Å². The van der Waals surface area contributed by atoms with Gasteiger partial charge in [0, 0.05) is 23.7 Å². The Hall–Kier alpha value is -1.91. The van der Waals surface area contributed by atoms with Crippen LogP contribution in [-0.2, 0) is 0 Å². The van der Waals surface area contributed by atoms with Gasteiger partial charge in [0.1, 0.15) is 5.75 Å². The topological polar surface area (TPSA) is 28.1 Å². The lowest BCUT2D eigenvalue weighted by Gasteiger charge is -2.35. The molecule has 4 nitrogen and oxygen atoms in total. The van der Waals surface area contributed by atoms with Crippen LogP contribution in [0.15, 0.2) is 53.6 Å². The number of nitrogens with zero attached hydrogens (tertiary/aromatic N) is 3. The summed E-state index contributed by atoms with van der Waals surface area (Å²) < 4.78 is 5.44. The van der Waals surface area contributed by atoms with E-state index in [1.165, 1.54) is 0 Å². The highest BCUT2D eigenvalue weighted by Gasteiger charge is 2.18. The number of ether oxygens (including phenoxy) is 1. The lowest BCUT2D eigenvalue weighted by atomic mass is 10.2. The fourth-order valence-electron chi connectivity index (χ4n) is 2.67. The smallest absolute Gasteiger partial charge is 0.142 e. The minimum atomic E-state index is 0. The Labute approximate surface area is 154 Å². The number of hydrogen-bond acceptors (Lipinski definition) is 4. The summed E-state index contributed by atoms with van der Waals surface area (Å²) in [5.41, 5.74) is 2.09. The van der Waals surface area contributed by atoms with Crippen molar-refractivity contribution in [1.82, 2.24) is 5.01 Å². The summed E-state index contributed by atoms with van der Waals surface area (Å²) in [6.45, 7) is 3.58. The Kier molecular flexibility index (Phi) is 6.76. The van der Waals surface area contributed by atoms with Gasteiger partial charge < -0.3 is 9.64 Å². The zero-order valence-corrected chi connectivity index (χ0v) is 15.1. The first-order chi connectivity index (χ1) is 11.3. The number of methoxy groups -OCH3 is 1. The van der Waals surface area contributed by atoms with Gasteiger partial charge in [0.2, 0.25) is 0 Å². The standard InChI is InChI=1S/C18H20ClN3O.ClH/c1-23-18-9-5-4-8-17(18)21-10-12-22(13-11-21)20-14-15-6-2-3-7-16(15)19;/h2-9,14H,10-13H2,1H3;1H. The monoisotopic (exact) mass is 365 g/mol. The Morgan fingerprint density at radius 1 is 1.00 bits per heavy atom. The van der Waals surface area contributed by atoms with Crippen LogP contribution >= 0.6 is 24.0 Å². The minimum absolute atomic E-state index is 0. The van der Waals surface area contributed by atoms with Crippen molar-refractivity contribution in [1.29, 1.82) is 0 Å². The fourth-order valence-corrected chi connectivity index (χ4v) is 2.85. The molecule has 0 aromatic heterocycles. The van der Waals surface area contributed by atoms with Crippen LogP contribution in [0.2, 0.25) is 5.02 Å². The number of halogens is 2. The van der Waals surface area contributed by atoms with E-state index in [-0.39, 0.29) is 12.4 Å². The van der Waals surface area contributed by atoms with Gasteiger partial charge >= 0.3 is 0 Å². The van der Waals surface area contributed by atoms with E-state index < -0.39 is 0 Å². The number of hydrogen-bond donors (Lipinski definition) is 0. The molecule has 0 unspecified atom stereocenters. The van der Waals surface area contributed by atoms with E-state index in [0.29, 0.717) is 0 Å². The molecule has 2 aromatic rings. The van der Waals surface area contributed by atoms with Gasteiger partial charge in [0.05, 0.1) is 32.1 Å². The first-order valence-electron chi connectivity index (χ1n) is 7.69. The number of para-hydroxylation sites is 2. The molecule has 0 atom stereocenters. The predicted octanol–water partition coefficient (Wildman–Crippen LogP) is 3.93. The molecule has 1 saturated heterocycles.